The standard InChI is InChI=1S/C18H23N3O4/c1-5-25-17(24)16-20-13(18(2,3)4)9-14(21-16)19-10-11-7-6-8-12(22)15(11)23/h6-9,22-23H,5,10H2,1-4H3,(H,19,20,21). The van der Waals surface area contributed by atoms with E-state index in [9.17, 15) is 15.0 Å². The molecule has 3 N–H and O–H groups in total. The Morgan fingerprint density at radius 1 is 1.24 bits per heavy atom. The van der Waals surface area contributed by atoms with Gasteiger partial charge in [0, 0.05) is 23.6 Å². The van der Waals surface area contributed by atoms with Crippen LogP contribution >= 0.6 is 0 Å². The van der Waals surface area contributed by atoms with Crippen molar-refractivity contribution in [2.45, 2.75) is 39.7 Å². The number of anilines is 1. The lowest BCUT2D eigenvalue weighted by Crippen LogP contribution is -2.19. The van der Waals surface area contributed by atoms with E-state index in [1.807, 2.05) is 20.8 Å². The van der Waals surface area contributed by atoms with Crippen LogP contribution in [0.1, 0.15) is 49.6 Å². The molecule has 134 valence electrons. The van der Waals surface area contributed by atoms with Gasteiger partial charge in [0.25, 0.3) is 0 Å². The van der Waals surface area contributed by atoms with Gasteiger partial charge >= 0.3 is 5.97 Å². The molecule has 2 rings (SSSR count). The number of ether oxygens (including phenoxy) is 1. The number of benzene rings is 1. The normalized spacial score (nSPS) is 11.2. The smallest absolute Gasteiger partial charge is 0.376 e. The van der Waals surface area contributed by atoms with Gasteiger partial charge in [-0.1, -0.05) is 32.9 Å². The highest BCUT2D eigenvalue weighted by Gasteiger charge is 2.21. The first-order valence-electron chi connectivity index (χ1n) is 8.02. The van der Waals surface area contributed by atoms with E-state index in [0.29, 0.717) is 17.1 Å². The Balaban J connectivity index is 2.31. The van der Waals surface area contributed by atoms with Crippen LogP contribution < -0.4 is 5.32 Å². The van der Waals surface area contributed by atoms with Crippen molar-refractivity contribution in [3.8, 4) is 11.5 Å². The molecule has 7 nitrogen and oxygen atoms in total. The molecule has 1 heterocycles. The molecular weight excluding hydrogens is 322 g/mol. The Hall–Kier alpha value is -2.83. The monoisotopic (exact) mass is 345 g/mol. The minimum Gasteiger partial charge on any atom is -0.504 e. The molecule has 0 atom stereocenters. The lowest BCUT2D eigenvalue weighted by molar-refractivity contribution is 0.0511. The summed E-state index contributed by atoms with van der Waals surface area (Å²) in [5.41, 5.74) is 0.912. The SMILES string of the molecule is CCOC(=O)c1nc(NCc2cccc(O)c2O)cc(C(C)(C)C)n1. The average Bonchev–Trinajstić information content (AvgIpc) is 2.55. The maximum Gasteiger partial charge on any atom is 0.376 e. The first-order chi connectivity index (χ1) is 11.7. The zero-order valence-corrected chi connectivity index (χ0v) is 14.8. The number of hydrogen-bond donors (Lipinski definition) is 3. The van der Waals surface area contributed by atoms with Crippen LogP contribution in [0, 0.1) is 0 Å². The van der Waals surface area contributed by atoms with E-state index in [-0.39, 0.29) is 35.9 Å². The highest BCUT2D eigenvalue weighted by molar-refractivity contribution is 5.85. The summed E-state index contributed by atoms with van der Waals surface area (Å²) in [5.74, 6) is -0.547. The Kier molecular flexibility index (Phi) is 5.46. The summed E-state index contributed by atoms with van der Waals surface area (Å²) in [7, 11) is 0. The van der Waals surface area contributed by atoms with E-state index in [2.05, 4.69) is 15.3 Å². The molecule has 0 unspecified atom stereocenters. The Bertz CT molecular complexity index is 769. The van der Waals surface area contributed by atoms with Crippen molar-refractivity contribution in [2.75, 3.05) is 11.9 Å². The van der Waals surface area contributed by atoms with Crippen molar-refractivity contribution >= 4 is 11.8 Å². The minimum absolute atomic E-state index is 0.0168. The Labute approximate surface area is 146 Å². The number of hydrogen-bond acceptors (Lipinski definition) is 7. The highest BCUT2D eigenvalue weighted by Crippen LogP contribution is 2.29. The Morgan fingerprint density at radius 3 is 2.60 bits per heavy atom. The van der Waals surface area contributed by atoms with Crippen LogP contribution in [0.15, 0.2) is 24.3 Å². The van der Waals surface area contributed by atoms with Crippen LogP contribution in [0.2, 0.25) is 0 Å². The van der Waals surface area contributed by atoms with Crippen LogP contribution in [-0.4, -0.2) is 32.8 Å². The number of aromatic nitrogens is 2. The molecule has 0 saturated heterocycles. The predicted molar refractivity (Wildman–Crippen MR) is 93.8 cm³/mol. The zero-order valence-electron chi connectivity index (χ0n) is 14.8. The summed E-state index contributed by atoms with van der Waals surface area (Å²) >= 11 is 0. The lowest BCUT2D eigenvalue weighted by atomic mass is 9.92. The molecule has 7 heteroatoms. The number of phenols is 2. The summed E-state index contributed by atoms with van der Waals surface area (Å²) in [4.78, 5) is 20.5. The molecule has 0 aliphatic carbocycles. The van der Waals surface area contributed by atoms with Crippen LogP contribution in [0.3, 0.4) is 0 Å². The van der Waals surface area contributed by atoms with Crippen LogP contribution in [-0.2, 0) is 16.7 Å². The van der Waals surface area contributed by atoms with Crippen molar-refractivity contribution in [1.82, 2.24) is 9.97 Å². The first kappa shape index (κ1) is 18.5. The quantitative estimate of drug-likeness (QED) is 0.565. The fraction of sp³-hybridized carbons (Fsp3) is 0.389. The predicted octanol–water partition coefficient (Wildman–Crippen LogP) is 2.97. The third-order valence-corrected chi connectivity index (χ3v) is 3.51. The van der Waals surface area contributed by atoms with Crippen molar-refractivity contribution in [1.29, 1.82) is 0 Å². The molecular formula is C18H23N3O4. The number of nitrogens with one attached hydrogen (secondary N) is 1. The van der Waals surface area contributed by atoms with Gasteiger partial charge in [0.05, 0.1) is 12.3 Å². The van der Waals surface area contributed by atoms with Crippen molar-refractivity contribution < 1.29 is 19.7 Å². The van der Waals surface area contributed by atoms with Crippen molar-refractivity contribution in [3.05, 3.63) is 41.3 Å². The second-order valence-electron chi connectivity index (χ2n) is 6.57. The van der Waals surface area contributed by atoms with Gasteiger partial charge in [-0.05, 0) is 13.0 Å². The molecule has 0 spiro atoms. The van der Waals surface area contributed by atoms with E-state index in [1.165, 1.54) is 6.07 Å². The number of aromatic hydroxyl groups is 2. The molecule has 1 aromatic carbocycles. The van der Waals surface area contributed by atoms with E-state index < -0.39 is 5.97 Å². The largest absolute Gasteiger partial charge is 0.504 e. The summed E-state index contributed by atoms with van der Waals surface area (Å²) in [6.07, 6.45) is 0. The van der Waals surface area contributed by atoms with Crippen molar-refractivity contribution in [2.24, 2.45) is 0 Å². The van der Waals surface area contributed by atoms with E-state index >= 15 is 0 Å². The third-order valence-electron chi connectivity index (χ3n) is 3.51. The highest BCUT2D eigenvalue weighted by atomic mass is 16.5. The van der Waals surface area contributed by atoms with E-state index in [1.54, 1.807) is 25.1 Å². The molecule has 0 aliphatic rings. The van der Waals surface area contributed by atoms with Gasteiger partial charge in [0.1, 0.15) is 5.82 Å². The molecule has 0 radical (unpaired) electrons. The molecule has 1 aromatic heterocycles. The molecule has 0 saturated carbocycles. The third kappa shape index (κ3) is 4.59. The number of carbonyl (C=O) groups is 1. The summed E-state index contributed by atoms with van der Waals surface area (Å²) < 4.78 is 4.98. The summed E-state index contributed by atoms with van der Waals surface area (Å²) in [6, 6.07) is 6.47. The van der Waals surface area contributed by atoms with Gasteiger partial charge in [-0.2, -0.15) is 0 Å². The van der Waals surface area contributed by atoms with Gasteiger partial charge in [-0.3, -0.25) is 0 Å². The fourth-order valence-electron chi connectivity index (χ4n) is 2.12. The number of nitrogens with zero attached hydrogens (tertiary/aromatic N) is 2. The first-order valence-corrected chi connectivity index (χ1v) is 8.02. The van der Waals surface area contributed by atoms with Gasteiger partial charge in [-0.15, -0.1) is 0 Å². The molecule has 0 aliphatic heterocycles. The van der Waals surface area contributed by atoms with Crippen LogP contribution in [0.25, 0.3) is 0 Å². The van der Waals surface area contributed by atoms with Gasteiger partial charge < -0.3 is 20.3 Å². The number of phenolic OH excluding ortho intramolecular Hbond substituents is 2. The molecule has 0 amide bonds. The van der Waals surface area contributed by atoms with E-state index in [0.717, 1.165) is 0 Å². The lowest BCUT2D eigenvalue weighted by Gasteiger charge is -2.19. The summed E-state index contributed by atoms with van der Waals surface area (Å²) in [5, 5.41) is 22.5. The van der Waals surface area contributed by atoms with E-state index in [4.69, 9.17) is 4.74 Å². The molecule has 25 heavy (non-hydrogen) atoms. The minimum atomic E-state index is -0.586. The van der Waals surface area contributed by atoms with Crippen LogP contribution in [0.4, 0.5) is 5.82 Å². The van der Waals surface area contributed by atoms with Crippen LogP contribution in [0.5, 0.6) is 11.5 Å². The number of carbonyl (C=O) groups excluding carboxylic acids is 1. The number of esters is 1. The second kappa shape index (κ2) is 7.38. The van der Waals surface area contributed by atoms with Crippen molar-refractivity contribution in [3.63, 3.8) is 0 Å². The number of para-hydroxylation sites is 1. The van der Waals surface area contributed by atoms with Gasteiger partial charge in [0.2, 0.25) is 5.82 Å². The van der Waals surface area contributed by atoms with Gasteiger partial charge in [0.15, 0.2) is 11.5 Å². The molecule has 2 aromatic rings. The Morgan fingerprint density at radius 2 is 1.96 bits per heavy atom. The maximum absolute atomic E-state index is 12.0. The number of rotatable bonds is 5. The molecule has 0 bridgehead atoms. The zero-order chi connectivity index (χ0) is 18.6. The topological polar surface area (TPSA) is 105 Å². The van der Waals surface area contributed by atoms with Gasteiger partial charge in [-0.25, -0.2) is 14.8 Å². The fourth-order valence-corrected chi connectivity index (χ4v) is 2.12. The maximum atomic E-state index is 12.0. The average molecular weight is 345 g/mol. The second-order valence-corrected chi connectivity index (χ2v) is 6.57. The summed E-state index contributed by atoms with van der Waals surface area (Å²) in [6.45, 7) is 8.12. The molecule has 0 fully saturated rings.